The molecule has 8 aromatic rings. The van der Waals surface area contributed by atoms with E-state index in [4.69, 9.17) is 0 Å². The van der Waals surface area contributed by atoms with E-state index in [-0.39, 0.29) is 21.5 Å². The van der Waals surface area contributed by atoms with E-state index in [1.165, 1.54) is 31.0 Å². The number of anilines is 3. The lowest BCUT2D eigenvalue weighted by Crippen LogP contribution is -2.38. The van der Waals surface area contributed by atoms with Crippen molar-refractivity contribution in [3.63, 3.8) is 0 Å². The number of thiophene rings is 2. The zero-order valence-corrected chi connectivity index (χ0v) is 26.8. The van der Waals surface area contributed by atoms with Gasteiger partial charge in [0.2, 0.25) is 0 Å². The van der Waals surface area contributed by atoms with Gasteiger partial charge in [0.25, 0.3) is 0 Å². The van der Waals surface area contributed by atoms with Crippen molar-refractivity contribution in [3.05, 3.63) is 163 Å². The number of benzene rings is 6. The molecular weight excluding hydrogens is 603 g/mol. The van der Waals surface area contributed by atoms with Crippen molar-refractivity contribution in [2.24, 2.45) is 0 Å². The third-order valence-electron chi connectivity index (χ3n) is 9.39. The van der Waals surface area contributed by atoms with Crippen LogP contribution in [0.4, 0.5) is 17.1 Å². The molecular formula is C41H27NO2S2. The van der Waals surface area contributed by atoms with Gasteiger partial charge in [-0.1, -0.05) is 92.7 Å². The minimum absolute atomic E-state index is 0.196. The van der Waals surface area contributed by atoms with E-state index >= 15 is 0 Å². The summed E-state index contributed by atoms with van der Waals surface area (Å²) in [6, 6.07) is 41.3. The molecule has 0 atom stereocenters. The Morgan fingerprint density at radius 2 is 1.28 bits per heavy atom. The van der Waals surface area contributed by atoms with Crippen LogP contribution in [0.1, 0.15) is 29.9 Å². The van der Waals surface area contributed by atoms with E-state index < -0.39 is 0 Å². The molecule has 0 radical (unpaired) electrons. The van der Waals surface area contributed by atoms with Gasteiger partial charge in [-0.25, -0.2) is 0 Å². The van der Waals surface area contributed by atoms with Gasteiger partial charge >= 0.3 is 0 Å². The van der Waals surface area contributed by atoms with Crippen molar-refractivity contribution in [2.45, 2.75) is 19.3 Å². The Morgan fingerprint density at radius 3 is 1.91 bits per heavy atom. The molecule has 2 heterocycles. The van der Waals surface area contributed by atoms with Gasteiger partial charge < -0.3 is 4.90 Å². The summed E-state index contributed by atoms with van der Waals surface area (Å²) >= 11 is 3.48. The molecule has 0 amide bonds. The number of rotatable bonds is 4. The van der Waals surface area contributed by atoms with Gasteiger partial charge in [-0.2, -0.15) is 0 Å². The van der Waals surface area contributed by atoms with Crippen LogP contribution in [0.25, 0.3) is 47.5 Å². The standard InChI is InChI=1S/C41H27NO2S2/c1-41(2)33-21-27(42(25-13-5-3-6-14-25)26-15-7-4-8-16-26)19-20-29(33)39-36(41)40-34(46-39)23-28(45-40)22-32-37(43)30-17-9-11-24-12-10-18-31(35(24)30)38(32)44/h3-23H,1-2H3. The van der Waals surface area contributed by atoms with Crippen molar-refractivity contribution in [2.75, 3.05) is 4.90 Å². The average molecular weight is 630 g/mol. The summed E-state index contributed by atoms with van der Waals surface area (Å²) in [6.45, 7) is 4.62. The zero-order valence-electron chi connectivity index (χ0n) is 25.2. The first-order valence-corrected chi connectivity index (χ1v) is 17.0. The molecule has 3 nitrogen and oxygen atoms in total. The highest BCUT2D eigenvalue weighted by Crippen LogP contribution is 2.58. The molecule has 46 heavy (non-hydrogen) atoms. The van der Waals surface area contributed by atoms with Gasteiger partial charge in [0, 0.05) is 53.1 Å². The summed E-state index contributed by atoms with van der Waals surface area (Å²) in [5.74, 6) is 0. The molecule has 0 bridgehead atoms. The third kappa shape index (κ3) is 3.89. The van der Waals surface area contributed by atoms with E-state index in [9.17, 15) is 9.59 Å². The van der Waals surface area contributed by atoms with Crippen molar-refractivity contribution in [3.8, 4) is 10.4 Å². The minimum Gasteiger partial charge on any atom is -0.310 e. The molecule has 9 rings (SSSR count). The lowest BCUT2D eigenvalue weighted by Gasteiger charge is -2.28. The van der Waals surface area contributed by atoms with Crippen LogP contribution >= 0.6 is 22.7 Å². The number of hydrogen-bond donors (Lipinski definition) is 0. The molecule has 0 spiro atoms. The number of nitrogens with zero attached hydrogens (tertiary/aromatic N) is 1. The molecule has 6 aromatic carbocycles. The highest BCUT2D eigenvalue weighted by atomic mass is 32.1. The fourth-order valence-corrected chi connectivity index (χ4v) is 10.2. The largest absolute Gasteiger partial charge is 0.310 e. The summed E-state index contributed by atoms with van der Waals surface area (Å²) < 4.78 is 2.42. The lowest BCUT2D eigenvalue weighted by atomic mass is 9.82. The first kappa shape index (κ1) is 27.2. The molecule has 0 fully saturated rings. The second-order valence-electron chi connectivity index (χ2n) is 12.4. The summed E-state index contributed by atoms with van der Waals surface area (Å²) in [5.41, 5.74) is 6.65. The normalized spacial score (nSPS) is 13.3. The maximum Gasteiger partial charge on any atom is 0.197 e. The lowest BCUT2D eigenvalue weighted by molar-refractivity contribution is 0.668. The van der Waals surface area contributed by atoms with E-state index in [1.807, 2.05) is 54.6 Å². The SMILES string of the molecule is CC1(C)c2cc(N(c3ccccc3)c3ccccc3)ccc2-c2sc3cc(C=c4c(=O)c5cccc6cccc(c4=O)c65)sc3c21. The Hall–Kier alpha value is -5.10. The smallest absolute Gasteiger partial charge is 0.197 e. The topological polar surface area (TPSA) is 37.4 Å². The molecule has 0 saturated carbocycles. The summed E-state index contributed by atoms with van der Waals surface area (Å²) in [5, 5.41) is 3.13. The van der Waals surface area contributed by atoms with Crippen LogP contribution in [-0.4, -0.2) is 0 Å². The van der Waals surface area contributed by atoms with Gasteiger partial charge in [-0.15, -0.1) is 22.7 Å². The molecule has 1 aliphatic rings. The van der Waals surface area contributed by atoms with Crippen molar-refractivity contribution in [1.29, 1.82) is 0 Å². The van der Waals surface area contributed by atoms with Gasteiger partial charge in [0.1, 0.15) is 0 Å². The van der Waals surface area contributed by atoms with Crippen LogP contribution in [0.5, 0.6) is 0 Å². The van der Waals surface area contributed by atoms with E-state index in [1.54, 1.807) is 22.7 Å². The molecule has 220 valence electrons. The van der Waals surface area contributed by atoms with E-state index in [0.717, 1.165) is 32.7 Å². The third-order valence-corrected chi connectivity index (χ3v) is 11.8. The predicted octanol–water partition coefficient (Wildman–Crippen LogP) is 9.75. The highest BCUT2D eigenvalue weighted by molar-refractivity contribution is 7.30. The Labute approximate surface area is 273 Å². The van der Waals surface area contributed by atoms with Crippen LogP contribution in [0.15, 0.2) is 131 Å². The summed E-state index contributed by atoms with van der Waals surface area (Å²) in [4.78, 5) is 31.8. The highest BCUT2D eigenvalue weighted by Gasteiger charge is 2.40. The van der Waals surface area contributed by atoms with Crippen molar-refractivity contribution in [1.82, 2.24) is 0 Å². The fourth-order valence-electron chi connectivity index (χ4n) is 7.24. The summed E-state index contributed by atoms with van der Waals surface area (Å²) in [6.07, 6.45) is 1.81. The van der Waals surface area contributed by atoms with Crippen LogP contribution < -0.4 is 21.0 Å². The zero-order chi connectivity index (χ0) is 31.2. The van der Waals surface area contributed by atoms with Crippen molar-refractivity contribution < 1.29 is 0 Å². The molecule has 5 heteroatoms. The van der Waals surface area contributed by atoms with Gasteiger partial charge in [0.05, 0.1) is 9.92 Å². The molecule has 0 unspecified atom stereocenters. The quantitative estimate of drug-likeness (QED) is 0.195. The second kappa shape index (κ2) is 9.95. The van der Waals surface area contributed by atoms with Crippen LogP contribution in [0, 0.1) is 0 Å². The molecule has 2 aromatic heterocycles. The van der Waals surface area contributed by atoms with Crippen molar-refractivity contribution >= 4 is 76.8 Å². The molecule has 0 N–H and O–H groups in total. The predicted molar refractivity (Wildman–Crippen MR) is 196 cm³/mol. The first-order valence-electron chi connectivity index (χ1n) is 15.3. The Kier molecular flexibility index (Phi) is 5.89. The van der Waals surface area contributed by atoms with Crippen LogP contribution in [0.2, 0.25) is 0 Å². The van der Waals surface area contributed by atoms with Crippen LogP contribution in [0.3, 0.4) is 0 Å². The maximum absolute atomic E-state index is 13.6. The van der Waals surface area contributed by atoms with Gasteiger partial charge in [-0.3, -0.25) is 9.59 Å². The van der Waals surface area contributed by atoms with Crippen LogP contribution in [-0.2, 0) is 5.41 Å². The molecule has 1 aliphatic carbocycles. The number of hydrogen-bond acceptors (Lipinski definition) is 5. The van der Waals surface area contributed by atoms with Gasteiger partial charge in [0.15, 0.2) is 10.9 Å². The Balaban J connectivity index is 1.18. The molecule has 0 saturated heterocycles. The second-order valence-corrected chi connectivity index (χ2v) is 14.6. The average Bonchev–Trinajstić information content (AvgIpc) is 3.70. The van der Waals surface area contributed by atoms with E-state index in [0.29, 0.717) is 10.8 Å². The first-order chi connectivity index (χ1) is 22.4. The summed E-state index contributed by atoms with van der Waals surface area (Å²) in [7, 11) is 0. The monoisotopic (exact) mass is 629 g/mol. The Bertz CT molecular complexity index is 2550. The number of para-hydroxylation sites is 2. The maximum atomic E-state index is 13.6. The Morgan fingerprint density at radius 1 is 0.652 bits per heavy atom. The van der Waals surface area contributed by atoms with Gasteiger partial charge in [-0.05, 0) is 70.6 Å². The molecule has 0 aliphatic heterocycles. The number of fused-ring (bicyclic) bond motifs is 5. The fraction of sp³-hybridized carbons (Fsp3) is 0.0732. The van der Waals surface area contributed by atoms with E-state index in [2.05, 4.69) is 91.5 Å². The minimum atomic E-state index is -0.224.